The monoisotopic (exact) mass is 224 g/mol. The number of hydrogen-bond donors (Lipinski definition) is 1. The third-order valence-corrected chi connectivity index (χ3v) is 3.97. The highest BCUT2D eigenvalue weighted by molar-refractivity contribution is 6.54. The average Bonchev–Trinajstić information content (AvgIpc) is 2.37. The molecule has 4 heteroatoms. The van der Waals surface area contributed by atoms with Crippen LogP contribution >= 0.6 is 0 Å². The topological polar surface area (TPSA) is 38.7 Å². The second-order valence-corrected chi connectivity index (χ2v) is 5.80. The van der Waals surface area contributed by atoms with Crippen LogP contribution in [-0.2, 0) is 9.31 Å². The Kier molecular flexibility index (Phi) is 2.93. The van der Waals surface area contributed by atoms with E-state index in [1.54, 1.807) is 0 Å². The van der Waals surface area contributed by atoms with E-state index in [2.05, 4.69) is 33.8 Å². The van der Waals surface area contributed by atoms with Gasteiger partial charge in [-0.25, -0.2) is 0 Å². The fourth-order valence-electron chi connectivity index (χ4n) is 2.05. The van der Waals surface area contributed by atoms with Gasteiger partial charge in [0.1, 0.15) is 0 Å². The zero-order valence-corrected chi connectivity index (χ0v) is 10.6. The van der Waals surface area contributed by atoms with Crippen molar-refractivity contribution in [3.8, 4) is 0 Å². The van der Waals surface area contributed by atoms with E-state index in [4.69, 9.17) is 9.31 Å². The zero-order valence-electron chi connectivity index (χ0n) is 10.6. The minimum absolute atomic E-state index is 0.189. The van der Waals surface area contributed by atoms with E-state index in [1.807, 2.05) is 0 Å². The second-order valence-electron chi connectivity index (χ2n) is 5.80. The quantitative estimate of drug-likeness (QED) is 0.693. The van der Waals surface area contributed by atoms with Crippen LogP contribution in [0, 0.1) is 0 Å². The summed E-state index contributed by atoms with van der Waals surface area (Å²) in [4.78, 5) is 0. The highest BCUT2D eigenvalue weighted by Gasteiger charge is 2.52. The SMILES string of the molecule is CC1(C)OB(C2=CCC(O)CC2)OC1(C)C. The molecule has 90 valence electrons. The molecule has 2 rings (SSSR count). The summed E-state index contributed by atoms with van der Waals surface area (Å²) < 4.78 is 11.9. The summed E-state index contributed by atoms with van der Waals surface area (Å²) in [5, 5.41) is 9.45. The summed E-state index contributed by atoms with van der Waals surface area (Å²) >= 11 is 0. The van der Waals surface area contributed by atoms with Gasteiger partial charge in [0, 0.05) is 0 Å². The molecule has 1 unspecified atom stereocenters. The van der Waals surface area contributed by atoms with Crippen LogP contribution in [0.3, 0.4) is 0 Å². The van der Waals surface area contributed by atoms with Gasteiger partial charge in [-0.1, -0.05) is 6.08 Å². The van der Waals surface area contributed by atoms with Crippen LogP contribution in [0.2, 0.25) is 0 Å². The largest absolute Gasteiger partial charge is 0.490 e. The Morgan fingerprint density at radius 3 is 2.25 bits per heavy atom. The van der Waals surface area contributed by atoms with Gasteiger partial charge in [-0.2, -0.15) is 0 Å². The van der Waals surface area contributed by atoms with Crippen LogP contribution in [0.4, 0.5) is 0 Å². The van der Waals surface area contributed by atoms with E-state index < -0.39 is 0 Å². The maximum Gasteiger partial charge on any atom is 0.490 e. The lowest BCUT2D eigenvalue weighted by Gasteiger charge is -2.32. The van der Waals surface area contributed by atoms with Crippen molar-refractivity contribution in [1.82, 2.24) is 0 Å². The van der Waals surface area contributed by atoms with E-state index in [0.717, 1.165) is 19.3 Å². The van der Waals surface area contributed by atoms with Crippen molar-refractivity contribution >= 4 is 7.12 Å². The fourth-order valence-corrected chi connectivity index (χ4v) is 2.05. The lowest BCUT2D eigenvalue weighted by Crippen LogP contribution is -2.41. The molecule has 0 amide bonds. The highest BCUT2D eigenvalue weighted by atomic mass is 16.7. The van der Waals surface area contributed by atoms with E-state index in [-0.39, 0.29) is 24.4 Å². The maximum atomic E-state index is 9.45. The van der Waals surface area contributed by atoms with Gasteiger partial charge >= 0.3 is 7.12 Å². The van der Waals surface area contributed by atoms with Gasteiger partial charge in [0.2, 0.25) is 0 Å². The number of allylic oxidation sites excluding steroid dienone is 1. The molecule has 1 fully saturated rings. The molecule has 0 radical (unpaired) electrons. The van der Waals surface area contributed by atoms with E-state index >= 15 is 0 Å². The minimum Gasteiger partial charge on any atom is -0.400 e. The Morgan fingerprint density at radius 2 is 1.81 bits per heavy atom. The normalized spacial score (nSPS) is 32.7. The van der Waals surface area contributed by atoms with E-state index in [9.17, 15) is 5.11 Å². The van der Waals surface area contributed by atoms with Gasteiger partial charge in [0.25, 0.3) is 0 Å². The first-order chi connectivity index (χ1) is 7.32. The lowest BCUT2D eigenvalue weighted by atomic mass is 9.72. The molecular formula is C12H21BO3. The Bertz CT molecular complexity index is 293. The Morgan fingerprint density at radius 1 is 1.25 bits per heavy atom. The number of rotatable bonds is 1. The van der Waals surface area contributed by atoms with Crippen LogP contribution in [0.25, 0.3) is 0 Å². The molecule has 2 aliphatic rings. The molecule has 0 saturated carbocycles. The molecule has 16 heavy (non-hydrogen) atoms. The van der Waals surface area contributed by atoms with Crippen LogP contribution in [0.5, 0.6) is 0 Å². The molecule has 1 N–H and O–H groups in total. The molecule has 0 aromatic rings. The fraction of sp³-hybridized carbons (Fsp3) is 0.833. The molecule has 1 aliphatic carbocycles. The van der Waals surface area contributed by atoms with Gasteiger partial charge in [-0.3, -0.25) is 0 Å². The standard InChI is InChI=1S/C12H21BO3/c1-11(2)12(3,4)16-13(15-11)9-5-7-10(14)8-6-9/h5,10,14H,6-8H2,1-4H3. The zero-order chi connectivity index (χ0) is 12.0. The lowest BCUT2D eigenvalue weighted by molar-refractivity contribution is 0.00578. The molecule has 0 aromatic carbocycles. The summed E-state index contributed by atoms with van der Waals surface area (Å²) in [5.41, 5.74) is 0.646. The minimum atomic E-state index is -0.269. The Balaban J connectivity index is 2.09. The summed E-state index contributed by atoms with van der Waals surface area (Å²) in [6.45, 7) is 8.24. The van der Waals surface area contributed by atoms with Gasteiger partial charge in [-0.05, 0) is 52.4 Å². The summed E-state index contributed by atoms with van der Waals surface area (Å²) in [7, 11) is -0.225. The molecule has 0 aromatic heterocycles. The molecular weight excluding hydrogens is 203 g/mol. The predicted octanol–water partition coefficient (Wildman–Crippen LogP) is 2.09. The number of hydrogen-bond acceptors (Lipinski definition) is 3. The molecule has 1 heterocycles. The van der Waals surface area contributed by atoms with Crippen molar-refractivity contribution < 1.29 is 14.4 Å². The van der Waals surface area contributed by atoms with E-state index in [1.165, 1.54) is 5.47 Å². The first kappa shape index (κ1) is 12.2. The second kappa shape index (κ2) is 3.86. The van der Waals surface area contributed by atoms with E-state index in [0.29, 0.717) is 0 Å². The van der Waals surface area contributed by atoms with Crippen molar-refractivity contribution in [1.29, 1.82) is 0 Å². The van der Waals surface area contributed by atoms with Crippen LogP contribution in [0.1, 0.15) is 47.0 Å². The number of aliphatic hydroxyl groups excluding tert-OH is 1. The third-order valence-electron chi connectivity index (χ3n) is 3.97. The van der Waals surface area contributed by atoms with Gasteiger partial charge in [0.05, 0.1) is 17.3 Å². The van der Waals surface area contributed by atoms with Crippen molar-refractivity contribution in [3.63, 3.8) is 0 Å². The molecule has 0 bridgehead atoms. The first-order valence-electron chi connectivity index (χ1n) is 6.04. The molecule has 1 saturated heterocycles. The van der Waals surface area contributed by atoms with Crippen LogP contribution in [-0.4, -0.2) is 29.5 Å². The maximum absolute atomic E-state index is 9.45. The summed E-state index contributed by atoms with van der Waals surface area (Å²) in [6.07, 6.45) is 4.29. The molecule has 1 aliphatic heterocycles. The van der Waals surface area contributed by atoms with Crippen molar-refractivity contribution in [2.75, 3.05) is 0 Å². The van der Waals surface area contributed by atoms with Gasteiger partial charge in [0.15, 0.2) is 0 Å². The predicted molar refractivity (Wildman–Crippen MR) is 64.0 cm³/mol. The smallest absolute Gasteiger partial charge is 0.400 e. The molecule has 1 atom stereocenters. The van der Waals surface area contributed by atoms with Crippen molar-refractivity contribution in [2.45, 2.75) is 64.3 Å². The molecule has 3 nitrogen and oxygen atoms in total. The van der Waals surface area contributed by atoms with Gasteiger partial charge < -0.3 is 14.4 Å². The van der Waals surface area contributed by atoms with Crippen LogP contribution in [0.15, 0.2) is 11.5 Å². The van der Waals surface area contributed by atoms with Crippen molar-refractivity contribution in [2.24, 2.45) is 0 Å². The third kappa shape index (κ3) is 2.06. The highest BCUT2D eigenvalue weighted by Crippen LogP contribution is 2.40. The first-order valence-corrected chi connectivity index (χ1v) is 6.04. The summed E-state index contributed by atoms with van der Waals surface area (Å²) in [6, 6.07) is 0. The number of aliphatic hydroxyl groups is 1. The molecule has 0 spiro atoms. The average molecular weight is 224 g/mol. The summed E-state index contributed by atoms with van der Waals surface area (Å²) in [5.74, 6) is 0. The Labute approximate surface area is 98.0 Å². The Hall–Kier alpha value is -0.315. The van der Waals surface area contributed by atoms with Gasteiger partial charge in [-0.15, -0.1) is 0 Å². The van der Waals surface area contributed by atoms with Crippen molar-refractivity contribution in [3.05, 3.63) is 11.5 Å². The van der Waals surface area contributed by atoms with Crippen LogP contribution < -0.4 is 0 Å².